The number of nitrogens with zero attached hydrogens (tertiary/aromatic N) is 1. The summed E-state index contributed by atoms with van der Waals surface area (Å²) in [6.07, 6.45) is 1.82. The van der Waals surface area contributed by atoms with Gasteiger partial charge in [0.1, 0.15) is 0 Å². The van der Waals surface area contributed by atoms with Crippen LogP contribution in [0.3, 0.4) is 0 Å². The monoisotopic (exact) mass is 263 g/mol. The molecule has 0 radical (unpaired) electrons. The van der Waals surface area contributed by atoms with Gasteiger partial charge in [0.2, 0.25) is 0 Å². The molecular weight excluding hydrogens is 242 g/mol. The van der Waals surface area contributed by atoms with E-state index in [9.17, 15) is 9.90 Å². The molecule has 1 aromatic carbocycles. The highest BCUT2D eigenvalue weighted by Crippen LogP contribution is 2.19. The van der Waals surface area contributed by atoms with Crippen molar-refractivity contribution in [3.05, 3.63) is 29.8 Å². The van der Waals surface area contributed by atoms with E-state index in [0.29, 0.717) is 6.54 Å². The molecular formula is C14H21N3O2. The van der Waals surface area contributed by atoms with E-state index in [1.165, 1.54) is 0 Å². The van der Waals surface area contributed by atoms with Crippen LogP contribution in [0.4, 0.5) is 10.5 Å². The number of carbonyl (C=O) groups is 1. The van der Waals surface area contributed by atoms with Gasteiger partial charge in [0.25, 0.3) is 0 Å². The second kappa shape index (κ2) is 6.04. The molecule has 0 aromatic heterocycles. The first-order valence-corrected chi connectivity index (χ1v) is 6.66. The van der Waals surface area contributed by atoms with Gasteiger partial charge in [0.15, 0.2) is 0 Å². The first kappa shape index (κ1) is 13.8. The van der Waals surface area contributed by atoms with Gasteiger partial charge in [-0.05, 0) is 37.5 Å². The summed E-state index contributed by atoms with van der Waals surface area (Å²) in [4.78, 5) is 13.8. The van der Waals surface area contributed by atoms with Gasteiger partial charge < -0.3 is 21.1 Å². The van der Waals surface area contributed by atoms with Gasteiger partial charge in [-0.15, -0.1) is 0 Å². The highest BCUT2D eigenvalue weighted by Gasteiger charge is 2.27. The van der Waals surface area contributed by atoms with Gasteiger partial charge in [-0.1, -0.05) is 12.1 Å². The number of benzene rings is 1. The van der Waals surface area contributed by atoms with Crippen LogP contribution in [-0.4, -0.2) is 35.2 Å². The summed E-state index contributed by atoms with van der Waals surface area (Å²) < 4.78 is 0. The van der Waals surface area contributed by atoms with Crippen molar-refractivity contribution in [1.82, 2.24) is 4.90 Å². The Balaban J connectivity index is 1.98. The molecule has 1 saturated heterocycles. The third kappa shape index (κ3) is 3.24. The Kier molecular flexibility index (Phi) is 4.39. The number of urea groups is 1. The number of nitrogens with one attached hydrogen (secondary N) is 1. The Morgan fingerprint density at radius 2 is 2.21 bits per heavy atom. The smallest absolute Gasteiger partial charge is 0.322 e. The summed E-state index contributed by atoms with van der Waals surface area (Å²) in [5, 5.41) is 12.1. The van der Waals surface area contributed by atoms with Crippen molar-refractivity contribution in [1.29, 1.82) is 0 Å². The van der Waals surface area contributed by atoms with Crippen LogP contribution in [0.5, 0.6) is 0 Å². The maximum Gasteiger partial charge on any atom is 0.322 e. The molecule has 0 spiro atoms. The van der Waals surface area contributed by atoms with Crippen LogP contribution in [0.25, 0.3) is 0 Å². The first-order valence-electron chi connectivity index (χ1n) is 6.66. The number of hydrogen-bond donors (Lipinski definition) is 3. The summed E-state index contributed by atoms with van der Waals surface area (Å²) in [7, 11) is 0. The van der Waals surface area contributed by atoms with Crippen molar-refractivity contribution in [2.24, 2.45) is 5.73 Å². The standard InChI is InChI=1S/C14H21N3O2/c1-10(15)11-4-6-12(7-5-11)16-14(19)17-8-2-3-13(17)9-18/h4-7,10,13,18H,2-3,8-9,15H2,1H3,(H,16,19). The minimum Gasteiger partial charge on any atom is -0.394 e. The normalized spacial score (nSPS) is 20.4. The highest BCUT2D eigenvalue weighted by atomic mass is 16.3. The number of hydrogen-bond acceptors (Lipinski definition) is 3. The summed E-state index contributed by atoms with van der Waals surface area (Å²) in [5.41, 5.74) is 7.56. The Morgan fingerprint density at radius 3 is 2.79 bits per heavy atom. The Hall–Kier alpha value is -1.59. The number of nitrogens with two attached hydrogens (primary N) is 1. The van der Waals surface area contributed by atoms with E-state index in [2.05, 4.69) is 5.32 Å². The Morgan fingerprint density at radius 1 is 1.53 bits per heavy atom. The highest BCUT2D eigenvalue weighted by molar-refractivity contribution is 5.89. The second-order valence-corrected chi connectivity index (χ2v) is 5.01. The molecule has 1 fully saturated rings. The molecule has 5 nitrogen and oxygen atoms in total. The predicted molar refractivity (Wildman–Crippen MR) is 74.9 cm³/mol. The lowest BCUT2D eigenvalue weighted by molar-refractivity contribution is 0.166. The van der Waals surface area contributed by atoms with Gasteiger partial charge in [-0.25, -0.2) is 4.79 Å². The lowest BCUT2D eigenvalue weighted by atomic mass is 10.1. The van der Waals surface area contributed by atoms with E-state index in [-0.39, 0.29) is 24.7 Å². The minimum atomic E-state index is -0.148. The maximum atomic E-state index is 12.1. The van der Waals surface area contributed by atoms with Crippen molar-refractivity contribution < 1.29 is 9.90 Å². The van der Waals surface area contributed by atoms with Crippen LogP contribution in [-0.2, 0) is 0 Å². The molecule has 104 valence electrons. The van der Waals surface area contributed by atoms with Crippen molar-refractivity contribution in [2.75, 3.05) is 18.5 Å². The van der Waals surface area contributed by atoms with Crippen molar-refractivity contribution in [2.45, 2.75) is 31.8 Å². The molecule has 0 aliphatic carbocycles. The molecule has 1 aromatic rings. The van der Waals surface area contributed by atoms with Crippen LogP contribution >= 0.6 is 0 Å². The SMILES string of the molecule is CC(N)c1ccc(NC(=O)N2CCCC2CO)cc1. The van der Waals surface area contributed by atoms with Crippen LogP contribution in [0, 0.1) is 0 Å². The summed E-state index contributed by atoms with van der Waals surface area (Å²) in [5.74, 6) is 0. The molecule has 2 rings (SSSR count). The van der Waals surface area contributed by atoms with E-state index in [1.54, 1.807) is 4.90 Å². The van der Waals surface area contributed by atoms with Crippen molar-refractivity contribution in [3.8, 4) is 0 Å². The first-order chi connectivity index (χ1) is 9.11. The third-order valence-corrected chi connectivity index (χ3v) is 3.54. The number of carbonyl (C=O) groups excluding carboxylic acids is 1. The topological polar surface area (TPSA) is 78.6 Å². The number of amides is 2. The van der Waals surface area contributed by atoms with E-state index in [4.69, 9.17) is 5.73 Å². The quantitative estimate of drug-likeness (QED) is 0.776. The number of aliphatic hydroxyl groups excluding tert-OH is 1. The van der Waals surface area contributed by atoms with E-state index in [0.717, 1.165) is 24.1 Å². The minimum absolute atomic E-state index is 0.0119. The third-order valence-electron chi connectivity index (χ3n) is 3.54. The molecule has 4 N–H and O–H groups in total. The van der Waals surface area contributed by atoms with E-state index < -0.39 is 0 Å². The summed E-state index contributed by atoms with van der Waals surface area (Å²) in [6, 6.07) is 7.30. The summed E-state index contributed by atoms with van der Waals surface area (Å²) in [6.45, 7) is 2.65. The van der Waals surface area contributed by atoms with Gasteiger partial charge in [0.05, 0.1) is 12.6 Å². The Labute approximate surface area is 113 Å². The van der Waals surface area contributed by atoms with Gasteiger partial charge in [-0.3, -0.25) is 0 Å². The number of likely N-dealkylation sites (tertiary alicyclic amines) is 1. The molecule has 19 heavy (non-hydrogen) atoms. The van der Waals surface area contributed by atoms with E-state index >= 15 is 0 Å². The average Bonchev–Trinajstić information content (AvgIpc) is 2.87. The number of aliphatic hydroxyl groups is 1. The van der Waals surface area contributed by atoms with Gasteiger partial charge in [0, 0.05) is 18.3 Å². The molecule has 2 amide bonds. The zero-order valence-electron chi connectivity index (χ0n) is 11.2. The molecule has 2 atom stereocenters. The Bertz CT molecular complexity index is 431. The summed E-state index contributed by atoms with van der Waals surface area (Å²) >= 11 is 0. The van der Waals surface area contributed by atoms with Crippen LogP contribution in [0.1, 0.15) is 31.4 Å². The molecule has 1 aliphatic heterocycles. The van der Waals surface area contributed by atoms with Crippen LogP contribution < -0.4 is 11.1 Å². The number of rotatable bonds is 3. The number of anilines is 1. The lowest BCUT2D eigenvalue weighted by Gasteiger charge is -2.23. The molecule has 2 unspecified atom stereocenters. The largest absolute Gasteiger partial charge is 0.394 e. The van der Waals surface area contributed by atoms with E-state index in [1.807, 2.05) is 31.2 Å². The van der Waals surface area contributed by atoms with Crippen molar-refractivity contribution in [3.63, 3.8) is 0 Å². The molecule has 0 bridgehead atoms. The van der Waals surface area contributed by atoms with Crippen LogP contribution in [0.2, 0.25) is 0 Å². The zero-order valence-corrected chi connectivity index (χ0v) is 11.2. The van der Waals surface area contributed by atoms with Gasteiger partial charge in [-0.2, -0.15) is 0 Å². The fourth-order valence-electron chi connectivity index (χ4n) is 2.36. The maximum absolute atomic E-state index is 12.1. The average molecular weight is 263 g/mol. The fourth-order valence-corrected chi connectivity index (χ4v) is 2.36. The fraction of sp³-hybridized carbons (Fsp3) is 0.500. The molecule has 1 heterocycles. The lowest BCUT2D eigenvalue weighted by Crippen LogP contribution is -2.40. The molecule has 5 heteroatoms. The predicted octanol–water partition coefficient (Wildman–Crippen LogP) is 1.69. The van der Waals surface area contributed by atoms with Gasteiger partial charge >= 0.3 is 6.03 Å². The van der Waals surface area contributed by atoms with Crippen LogP contribution in [0.15, 0.2) is 24.3 Å². The molecule has 0 saturated carbocycles. The van der Waals surface area contributed by atoms with Crippen molar-refractivity contribution >= 4 is 11.7 Å². The second-order valence-electron chi connectivity index (χ2n) is 5.01. The molecule has 1 aliphatic rings. The zero-order chi connectivity index (χ0) is 13.8.